The highest BCUT2D eigenvalue weighted by atomic mass is 19.4. The van der Waals surface area contributed by atoms with E-state index in [0.29, 0.717) is 5.69 Å². The fourth-order valence-electron chi connectivity index (χ4n) is 3.28. The molecule has 29 heavy (non-hydrogen) atoms. The molecule has 3 atom stereocenters. The highest BCUT2D eigenvalue weighted by Crippen LogP contribution is 2.48. The number of benzene rings is 1. The fourth-order valence-corrected chi connectivity index (χ4v) is 3.28. The van der Waals surface area contributed by atoms with Crippen LogP contribution >= 0.6 is 0 Å². The predicted octanol–water partition coefficient (Wildman–Crippen LogP) is 4.32. The van der Waals surface area contributed by atoms with Crippen molar-refractivity contribution in [2.75, 3.05) is 13.7 Å². The van der Waals surface area contributed by atoms with E-state index in [4.69, 9.17) is 4.74 Å². The third-order valence-electron chi connectivity index (χ3n) is 4.94. The molecule has 156 valence electrons. The van der Waals surface area contributed by atoms with E-state index in [1.54, 1.807) is 20.1 Å². The summed E-state index contributed by atoms with van der Waals surface area (Å²) in [7, 11) is 1.62. The van der Waals surface area contributed by atoms with Gasteiger partial charge in [-0.15, -0.1) is 0 Å². The third kappa shape index (κ3) is 5.40. The Hall–Kier alpha value is -2.77. The Kier molecular flexibility index (Phi) is 6.00. The molecule has 0 saturated heterocycles. The lowest BCUT2D eigenvalue weighted by Gasteiger charge is -2.15. The molecule has 5 nitrogen and oxygen atoms in total. The number of alkyl halides is 3. The van der Waals surface area contributed by atoms with Gasteiger partial charge in [-0.2, -0.15) is 13.2 Å². The number of carbonyl (C=O) groups excluding carboxylic acids is 1. The molecule has 3 unspecified atom stereocenters. The number of hydrogen-bond donors (Lipinski definition) is 1. The molecule has 0 bridgehead atoms. The van der Waals surface area contributed by atoms with E-state index >= 15 is 0 Å². The zero-order valence-electron chi connectivity index (χ0n) is 16.4. The lowest BCUT2D eigenvalue weighted by Crippen LogP contribution is -2.29. The van der Waals surface area contributed by atoms with Crippen LogP contribution in [0.3, 0.4) is 0 Å². The maximum Gasteiger partial charge on any atom is 0.422 e. The first-order chi connectivity index (χ1) is 13.7. The molecule has 1 heterocycles. The standard InChI is InChI=1S/C21H23F3N2O3/c1-12-8-14(4-7-19(12)28-3)16-9-17(16)20(27)26-13(2)18-6-5-15(10-25-18)29-11-21(22,23)24/h4-8,10,13,16-17H,9,11H2,1-3H3,(H,26,27). The molecule has 1 amide bonds. The minimum atomic E-state index is -4.40. The second-order valence-electron chi connectivity index (χ2n) is 7.23. The van der Waals surface area contributed by atoms with E-state index in [2.05, 4.69) is 15.0 Å². The number of aryl methyl sites for hydroxylation is 1. The predicted molar refractivity (Wildman–Crippen MR) is 101 cm³/mol. The number of ether oxygens (including phenoxy) is 2. The van der Waals surface area contributed by atoms with Gasteiger partial charge in [-0.3, -0.25) is 9.78 Å². The number of aromatic nitrogens is 1. The van der Waals surface area contributed by atoms with Crippen LogP contribution in [0.2, 0.25) is 0 Å². The average molecular weight is 408 g/mol. The van der Waals surface area contributed by atoms with Crippen LogP contribution in [0.1, 0.15) is 42.1 Å². The monoisotopic (exact) mass is 408 g/mol. The number of carbonyl (C=O) groups is 1. The largest absolute Gasteiger partial charge is 0.496 e. The Morgan fingerprint density at radius 2 is 2.07 bits per heavy atom. The van der Waals surface area contributed by atoms with Gasteiger partial charge in [0.15, 0.2) is 6.61 Å². The molecule has 0 aliphatic heterocycles. The Bertz CT molecular complexity index is 868. The molecular weight excluding hydrogens is 385 g/mol. The van der Waals surface area contributed by atoms with Crippen molar-refractivity contribution < 1.29 is 27.4 Å². The summed E-state index contributed by atoms with van der Waals surface area (Å²) in [6.45, 7) is 2.38. The fraction of sp³-hybridized carbons (Fsp3) is 0.429. The number of amides is 1. The van der Waals surface area contributed by atoms with Crippen LogP contribution in [0, 0.1) is 12.8 Å². The zero-order valence-corrected chi connectivity index (χ0v) is 16.4. The maximum atomic E-state index is 12.5. The van der Waals surface area contributed by atoms with Gasteiger partial charge in [0.1, 0.15) is 11.5 Å². The zero-order chi connectivity index (χ0) is 21.2. The maximum absolute atomic E-state index is 12.5. The summed E-state index contributed by atoms with van der Waals surface area (Å²) < 4.78 is 46.5. The first-order valence-electron chi connectivity index (χ1n) is 9.28. The van der Waals surface area contributed by atoms with E-state index in [0.717, 1.165) is 23.3 Å². The molecule has 2 aromatic rings. The summed E-state index contributed by atoms with van der Waals surface area (Å²) >= 11 is 0. The summed E-state index contributed by atoms with van der Waals surface area (Å²) in [5, 5.41) is 2.92. The van der Waals surface area contributed by atoms with Crippen LogP contribution in [0.4, 0.5) is 13.2 Å². The van der Waals surface area contributed by atoms with Crippen molar-refractivity contribution in [2.24, 2.45) is 5.92 Å². The molecule has 1 aliphatic carbocycles. The molecule has 3 rings (SSSR count). The molecular formula is C21H23F3N2O3. The molecule has 1 N–H and O–H groups in total. The summed E-state index contributed by atoms with van der Waals surface area (Å²) in [6, 6.07) is 8.53. The second-order valence-corrected chi connectivity index (χ2v) is 7.23. The molecule has 0 radical (unpaired) electrons. The summed E-state index contributed by atoms with van der Waals surface area (Å²) in [4.78, 5) is 16.6. The molecule has 1 aromatic carbocycles. The van der Waals surface area contributed by atoms with Crippen molar-refractivity contribution in [3.8, 4) is 11.5 Å². The van der Waals surface area contributed by atoms with Crippen molar-refractivity contribution in [1.29, 1.82) is 0 Å². The second kappa shape index (κ2) is 8.31. The average Bonchev–Trinajstić information content (AvgIpc) is 3.47. The van der Waals surface area contributed by atoms with Crippen LogP contribution in [0.25, 0.3) is 0 Å². The van der Waals surface area contributed by atoms with Crippen molar-refractivity contribution in [2.45, 2.75) is 38.4 Å². The first-order valence-corrected chi connectivity index (χ1v) is 9.28. The van der Waals surface area contributed by atoms with Gasteiger partial charge in [0.2, 0.25) is 5.91 Å². The normalized spacial score (nSPS) is 19.4. The number of nitrogens with zero attached hydrogens (tertiary/aromatic N) is 1. The highest BCUT2D eigenvalue weighted by molar-refractivity contribution is 5.83. The van der Waals surface area contributed by atoms with Gasteiger partial charge in [-0.05, 0) is 55.5 Å². The minimum Gasteiger partial charge on any atom is -0.496 e. The number of pyridine rings is 1. The summed E-state index contributed by atoms with van der Waals surface area (Å²) in [5.41, 5.74) is 2.69. The summed E-state index contributed by atoms with van der Waals surface area (Å²) in [5.74, 6) is 0.868. The number of hydrogen-bond acceptors (Lipinski definition) is 4. The Morgan fingerprint density at radius 1 is 1.31 bits per heavy atom. The van der Waals surface area contributed by atoms with Crippen molar-refractivity contribution in [1.82, 2.24) is 10.3 Å². The quantitative estimate of drug-likeness (QED) is 0.741. The van der Waals surface area contributed by atoms with Crippen LogP contribution < -0.4 is 14.8 Å². The highest BCUT2D eigenvalue weighted by Gasteiger charge is 2.44. The smallest absolute Gasteiger partial charge is 0.422 e. The van der Waals surface area contributed by atoms with Gasteiger partial charge in [-0.1, -0.05) is 12.1 Å². The number of methoxy groups -OCH3 is 1. The Labute approximate surface area is 167 Å². The Balaban J connectivity index is 1.54. The molecule has 8 heteroatoms. The van der Waals surface area contributed by atoms with Crippen molar-refractivity contribution in [3.05, 3.63) is 53.3 Å². The van der Waals surface area contributed by atoms with Crippen molar-refractivity contribution >= 4 is 5.91 Å². The van der Waals surface area contributed by atoms with E-state index < -0.39 is 12.8 Å². The lowest BCUT2D eigenvalue weighted by atomic mass is 10.1. The lowest BCUT2D eigenvalue weighted by molar-refractivity contribution is -0.153. The number of halogens is 3. The Morgan fingerprint density at radius 3 is 2.66 bits per heavy atom. The van der Waals surface area contributed by atoms with Gasteiger partial charge in [-0.25, -0.2) is 0 Å². The van der Waals surface area contributed by atoms with Crippen LogP contribution in [0.5, 0.6) is 11.5 Å². The van der Waals surface area contributed by atoms with Gasteiger partial charge < -0.3 is 14.8 Å². The summed E-state index contributed by atoms with van der Waals surface area (Å²) in [6.07, 6.45) is -2.39. The van der Waals surface area contributed by atoms with E-state index in [1.165, 1.54) is 12.3 Å². The molecule has 1 aliphatic rings. The van der Waals surface area contributed by atoms with Crippen LogP contribution in [-0.2, 0) is 4.79 Å². The van der Waals surface area contributed by atoms with Gasteiger partial charge in [0, 0.05) is 5.92 Å². The van der Waals surface area contributed by atoms with Crippen LogP contribution in [-0.4, -0.2) is 30.8 Å². The molecule has 1 fully saturated rings. The first kappa shape index (κ1) is 21.0. The van der Waals surface area contributed by atoms with E-state index in [-0.39, 0.29) is 29.5 Å². The SMILES string of the molecule is COc1ccc(C2CC2C(=O)NC(C)c2ccc(OCC(F)(F)F)cn2)cc1C. The van der Waals surface area contributed by atoms with Crippen LogP contribution in [0.15, 0.2) is 36.5 Å². The van der Waals surface area contributed by atoms with Gasteiger partial charge in [0.25, 0.3) is 0 Å². The number of rotatable bonds is 7. The topological polar surface area (TPSA) is 60.5 Å². The molecule has 1 aromatic heterocycles. The third-order valence-corrected chi connectivity index (χ3v) is 4.94. The van der Waals surface area contributed by atoms with Gasteiger partial charge >= 0.3 is 6.18 Å². The molecule has 0 spiro atoms. The van der Waals surface area contributed by atoms with Crippen molar-refractivity contribution in [3.63, 3.8) is 0 Å². The number of nitrogens with one attached hydrogen (secondary N) is 1. The van der Waals surface area contributed by atoms with Gasteiger partial charge in [0.05, 0.1) is 25.0 Å². The van der Waals surface area contributed by atoms with E-state index in [9.17, 15) is 18.0 Å². The minimum absolute atomic E-state index is 0.0294. The van der Waals surface area contributed by atoms with E-state index in [1.807, 2.05) is 25.1 Å². The molecule has 1 saturated carbocycles.